The molecule has 0 spiro atoms. The molecule has 0 aromatic heterocycles. The molecule has 0 bridgehead atoms. The average molecular weight is 162 g/mol. The summed E-state index contributed by atoms with van der Waals surface area (Å²) in [6.45, 7) is 1.87. The number of aliphatic hydroxyl groups excluding tert-OH is 1. The first kappa shape index (κ1) is 12.7. The summed E-state index contributed by atoms with van der Waals surface area (Å²) in [5.74, 6) is -0.0486. The predicted octanol–water partition coefficient (Wildman–Crippen LogP) is -0.766. The molecule has 1 aliphatic heterocycles. The predicted molar refractivity (Wildman–Crippen MR) is 40.4 cm³/mol. The normalized spacial score (nSPS) is 20.5. The summed E-state index contributed by atoms with van der Waals surface area (Å²) >= 11 is 0. The fourth-order valence-electron chi connectivity index (χ4n) is 0.590. The number of aldehydes is 1. The van der Waals surface area contributed by atoms with Gasteiger partial charge in [-0.05, 0) is 6.92 Å². The van der Waals surface area contributed by atoms with Crippen molar-refractivity contribution in [1.82, 2.24) is 11.5 Å². The third kappa shape index (κ3) is 6.95. The van der Waals surface area contributed by atoms with Gasteiger partial charge in [0.1, 0.15) is 6.29 Å². The van der Waals surface area contributed by atoms with Crippen molar-refractivity contribution in [2.75, 3.05) is 6.54 Å². The zero-order chi connectivity index (χ0) is 7.98. The lowest BCUT2D eigenvalue weighted by molar-refractivity contribution is -0.119. The number of β-amino-alcohol motifs (C(OH)–C–C–N with tert-alkyl or cyclic N) is 1. The highest BCUT2D eigenvalue weighted by atomic mass is 16.3. The van der Waals surface area contributed by atoms with E-state index >= 15 is 0 Å². The largest absolute Gasteiger partial charge is 0.391 e. The Balaban J connectivity index is 0. The molecular weight excluding hydrogens is 148 g/mol. The molecule has 1 aliphatic rings. The van der Waals surface area contributed by atoms with Crippen LogP contribution in [-0.2, 0) is 9.59 Å². The molecule has 1 rings (SSSR count). The molecule has 1 atom stereocenters. The molecule has 5 N–H and O–H groups in total. The maximum absolute atomic E-state index is 10.2. The standard InChI is InChI=1S/C4H7NO2.C2H4O.H3N/c6-3-1-4(7)5-2-3;1-2-3;/h3,6H,1-2H2,(H,5,7);2H,1H3;1H3. The van der Waals surface area contributed by atoms with Crippen LogP contribution in [0, 0.1) is 0 Å². The van der Waals surface area contributed by atoms with Gasteiger partial charge in [0, 0.05) is 6.54 Å². The molecule has 5 nitrogen and oxygen atoms in total. The molecule has 0 aromatic rings. The Morgan fingerprint density at radius 1 is 1.73 bits per heavy atom. The van der Waals surface area contributed by atoms with Crippen molar-refractivity contribution in [3.8, 4) is 0 Å². The van der Waals surface area contributed by atoms with Crippen LogP contribution in [0.4, 0.5) is 0 Å². The fraction of sp³-hybridized carbons (Fsp3) is 0.667. The van der Waals surface area contributed by atoms with Gasteiger partial charge in [0.25, 0.3) is 0 Å². The van der Waals surface area contributed by atoms with Gasteiger partial charge in [0.05, 0.1) is 12.5 Å². The molecule has 1 fully saturated rings. The lowest BCUT2D eigenvalue weighted by atomic mass is 10.3. The summed E-state index contributed by atoms with van der Waals surface area (Å²) in [7, 11) is 0. The van der Waals surface area contributed by atoms with Crippen LogP contribution in [0.15, 0.2) is 0 Å². The molecule has 0 aliphatic carbocycles. The zero-order valence-electron chi connectivity index (χ0n) is 6.54. The second kappa shape index (κ2) is 7.17. The second-order valence-corrected chi connectivity index (χ2v) is 1.90. The highest BCUT2D eigenvalue weighted by molar-refractivity contribution is 5.78. The third-order valence-electron chi connectivity index (χ3n) is 0.956. The van der Waals surface area contributed by atoms with E-state index < -0.39 is 6.10 Å². The van der Waals surface area contributed by atoms with Crippen molar-refractivity contribution in [3.63, 3.8) is 0 Å². The van der Waals surface area contributed by atoms with E-state index in [0.29, 0.717) is 6.54 Å². The maximum atomic E-state index is 10.2. The van der Waals surface area contributed by atoms with Crippen LogP contribution in [-0.4, -0.2) is 29.9 Å². The highest BCUT2D eigenvalue weighted by Gasteiger charge is 2.17. The number of hydrogen-bond donors (Lipinski definition) is 3. The SMILES string of the molecule is CC=O.N.O=C1CC(O)CN1. The molecular formula is C6H14N2O3. The molecule has 66 valence electrons. The van der Waals surface area contributed by atoms with Crippen LogP contribution in [0.5, 0.6) is 0 Å². The van der Waals surface area contributed by atoms with Crippen molar-refractivity contribution in [1.29, 1.82) is 0 Å². The van der Waals surface area contributed by atoms with Gasteiger partial charge in [0.2, 0.25) is 5.91 Å². The number of hydrogen-bond acceptors (Lipinski definition) is 4. The Labute approximate surface area is 65.4 Å². The van der Waals surface area contributed by atoms with Crippen LogP contribution in [0.25, 0.3) is 0 Å². The second-order valence-electron chi connectivity index (χ2n) is 1.90. The molecule has 1 heterocycles. The van der Waals surface area contributed by atoms with E-state index in [1.54, 1.807) is 0 Å². The van der Waals surface area contributed by atoms with E-state index in [2.05, 4.69) is 5.32 Å². The van der Waals surface area contributed by atoms with Gasteiger partial charge in [-0.15, -0.1) is 0 Å². The Kier molecular flexibility index (Phi) is 8.29. The number of carbonyl (C=O) groups excluding carboxylic acids is 2. The molecule has 0 saturated carbocycles. The molecule has 1 saturated heterocycles. The molecule has 11 heavy (non-hydrogen) atoms. The van der Waals surface area contributed by atoms with Gasteiger partial charge in [-0.1, -0.05) is 0 Å². The summed E-state index contributed by atoms with van der Waals surface area (Å²) in [5, 5.41) is 11.1. The quantitative estimate of drug-likeness (QED) is 0.407. The van der Waals surface area contributed by atoms with E-state index in [9.17, 15) is 4.79 Å². The lowest BCUT2D eigenvalue weighted by Gasteiger charge is -1.89. The van der Waals surface area contributed by atoms with Crippen molar-refractivity contribution < 1.29 is 14.7 Å². The summed E-state index contributed by atoms with van der Waals surface area (Å²) < 4.78 is 0. The first-order valence-electron chi connectivity index (χ1n) is 3.05. The van der Waals surface area contributed by atoms with E-state index in [1.807, 2.05) is 0 Å². The Morgan fingerprint density at radius 3 is 2.27 bits per heavy atom. The van der Waals surface area contributed by atoms with Crippen LogP contribution in [0.1, 0.15) is 13.3 Å². The summed E-state index contributed by atoms with van der Waals surface area (Å²) in [4.78, 5) is 19.0. The number of amides is 1. The first-order chi connectivity index (χ1) is 4.70. The van der Waals surface area contributed by atoms with Crippen LogP contribution >= 0.6 is 0 Å². The van der Waals surface area contributed by atoms with Crippen LogP contribution in [0.3, 0.4) is 0 Å². The van der Waals surface area contributed by atoms with Gasteiger partial charge in [-0.3, -0.25) is 4.79 Å². The van der Waals surface area contributed by atoms with Crippen molar-refractivity contribution in [2.45, 2.75) is 19.4 Å². The summed E-state index contributed by atoms with van der Waals surface area (Å²) in [6.07, 6.45) is 0.590. The molecule has 0 radical (unpaired) electrons. The minimum Gasteiger partial charge on any atom is -0.391 e. The zero-order valence-corrected chi connectivity index (χ0v) is 6.54. The van der Waals surface area contributed by atoms with Gasteiger partial charge in [-0.2, -0.15) is 0 Å². The Hall–Kier alpha value is -0.940. The molecule has 1 amide bonds. The maximum Gasteiger partial charge on any atom is 0.222 e. The van der Waals surface area contributed by atoms with E-state index in [1.165, 1.54) is 6.92 Å². The number of rotatable bonds is 0. The number of carbonyl (C=O) groups is 2. The lowest BCUT2D eigenvalue weighted by Crippen LogP contribution is -2.14. The van der Waals surface area contributed by atoms with Crippen molar-refractivity contribution in [2.24, 2.45) is 0 Å². The monoisotopic (exact) mass is 162 g/mol. The van der Waals surface area contributed by atoms with Crippen molar-refractivity contribution in [3.05, 3.63) is 0 Å². The number of nitrogens with one attached hydrogen (secondary N) is 1. The van der Waals surface area contributed by atoms with Crippen LogP contribution in [0.2, 0.25) is 0 Å². The van der Waals surface area contributed by atoms with Gasteiger partial charge >= 0.3 is 0 Å². The average Bonchev–Trinajstić information content (AvgIpc) is 2.17. The topological polar surface area (TPSA) is 101 Å². The molecule has 1 unspecified atom stereocenters. The van der Waals surface area contributed by atoms with E-state index in [4.69, 9.17) is 9.90 Å². The summed E-state index contributed by atoms with van der Waals surface area (Å²) in [6, 6.07) is 0. The summed E-state index contributed by atoms with van der Waals surface area (Å²) in [5.41, 5.74) is 0. The minimum atomic E-state index is -0.438. The van der Waals surface area contributed by atoms with Gasteiger partial charge in [-0.25, -0.2) is 0 Å². The van der Waals surface area contributed by atoms with Crippen LogP contribution < -0.4 is 11.5 Å². The minimum absolute atomic E-state index is 0. The number of aliphatic hydroxyl groups is 1. The fourth-order valence-corrected chi connectivity index (χ4v) is 0.590. The van der Waals surface area contributed by atoms with Gasteiger partial charge in [0.15, 0.2) is 0 Å². The van der Waals surface area contributed by atoms with E-state index in [-0.39, 0.29) is 18.5 Å². The van der Waals surface area contributed by atoms with Gasteiger partial charge < -0.3 is 21.4 Å². The van der Waals surface area contributed by atoms with E-state index in [0.717, 1.165) is 6.29 Å². The van der Waals surface area contributed by atoms with Crippen molar-refractivity contribution >= 4 is 12.2 Å². The molecule has 0 aromatic carbocycles. The molecule has 5 heteroatoms. The third-order valence-corrected chi connectivity index (χ3v) is 0.956. The smallest absolute Gasteiger partial charge is 0.222 e. The Morgan fingerprint density at radius 2 is 2.18 bits per heavy atom. The first-order valence-corrected chi connectivity index (χ1v) is 3.05. The Bertz CT molecular complexity index is 127. The highest BCUT2D eigenvalue weighted by Crippen LogP contribution is 1.95.